The van der Waals surface area contributed by atoms with E-state index in [1.54, 1.807) is 7.11 Å². The Morgan fingerprint density at radius 1 is 1.42 bits per heavy atom. The smallest absolute Gasteiger partial charge is 0.124 e. The zero-order valence-corrected chi connectivity index (χ0v) is 12.0. The number of hydrogen-bond acceptors (Lipinski definition) is 3. The lowest BCUT2D eigenvalue weighted by Crippen LogP contribution is -2.25. The van der Waals surface area contributed by atoms with E-state index in [0.29, 0.717) is 6.54 Å². The van der Waals surface area contributed by atoms with Crippen molar-refractivity contribution in [1.29, 1.82) is 0 Å². The van der Waals surface area contributed by atoms with Gasteiger partial charge in [-0.25, -0.2) is 0 Å². The number of rotatable bonds is 7. The van der Waals surface area contributed by atoms with Crippen LogP contribution < -0.4 is 10.1 Å². The van der Waals surface area contributed by atoms with E-state index in [0.717, 1.165) is 29.3 Å². The topological polar surface area (TPSA) is 41.5 Å². The maximum Gasteiger partial charge on any atom is 0.124 e. The van der Waals surface area contributed by atoms with E-state index in [1.807, 2.05) is 25.1 Å². The number of aliphatic hydroxyl groups is 1. The van der Waals surface area contributed by atoms with Gasteiger partial charge in [-0.05, 0) is 37.9 Å². The van der Waals surface area contributed by atoms with Gasteiger partial charge in [-0.15, -0.1) is 0 Å². The van der Waals surface area contributed by atoms with Crippen LogP contribution in [0.1, 0.15) is 42.9 Å². The van der Waals surface area contributed by atoms with Gasteiger partial charge in [-0.2, -0.15) is 0 Å². The van der Waals surface area contributed by atoms with E-state index in [1.165, 1.54) is 25.7 Å². The van der Waals surface area contributed by atoms with E-state index >= 15 is 0 Å². The molecule has 106 valence electrons. The Morgan fingerprint density at radius 3 is 2.84 bits per heavy atom. The molecule has 0 amide bonds. The van der Waals surface area contributed by atoms with Crippen molar-refractivity contribution in [2.45, 2.75) is 38.7 Å². The molecular formula is C16H25NO2. The quantitative estimate of drug-likeness (QED) is 0.743. The van der Waals surface area contributed by atoms with Gasteiger partial charge < -0.3 is 15.2 Å². The molecule has 1 aromatic rings. The fraction of sp³-hybridized carbons (Fsp3) is 0.625. The molecule has 0 radical (unpaired) electrons. The van der Waals surface area contributed by atoms with Gasteiger partial charge in [0, 0.05) is 12.1 Å². The van der Waals surface area contributed by atoms with Crippen LogP contribution in [0.25, 0.3) is 0 Å². The zero-order chi connectivity index (χ0) is 13.7. The average Bonchev–Trinajstić information content (AvgIpc) is 2.36. The van der Waals surface area contributed by atoms with E-state index in [2.05, 4.69) is 5.32 Å². The second-order valence-electron chi connectivity index (χ2n) is 5.55. The molecule has 1 unspecified atom stereocenters. The van der Waals surface area contributed by atoms with Gasteiger partial charge in [0.25, 0.3) is 0 Å². The molecule has 1 aliphatic carbocycles. The number of aryl methyl sites for hydroxylation is 1. The summed E-state index contributed by atoms with van der Waals surface area (Å²) in [6, 6.07) is 5.92. The molecule has 1 fully saturated rings. The van der Waals surface area contributed by atoms with Crippen molar-refractivity contribution in [2.75, 3.05) is 20.2 Å². The molecule has 1 saturated carbocycles. The zero-order valence-electron chi connectivity index (χ0n) is 12.0. The third-order valence-electron chi connectivity index (χ3n) is 4.04. The molecule has 1 atom stereocenters. The molecule has 1 aliphatic rings. The highest BCUT2D eigenvalue weighted by Crippen LogP contribution is 2.29. The first kappa shape index (κ1) is 14.4. The summed E-state index contributed by atoms with van der Waals surface area (Å²) < 4.78 is 5.30. The molecule has 1 aromatic carbocycles. The molecule has 2 N–H and O–H groups in total. The van der Waals surface area contributed by atoms with Gasteiger partial charge >= 0.3 is 0 Å². The molecule has 0 aromatic heterocycles. The highest BCUT2D eigenvalue weighted by molar-refractivity contribution is 5.38. The molecule has 3 nitrogen and oxygen atoms in total. The number of benzene rings is 1. The number of methoxy groups -OCH3 is 1. The van der Waals surface area contributed by atoms with Crippen molar-refractivity contribution in [1.82, 2.24) is 5.32 Å². The second kappa shape index (κ2) is 6.92. The summed E-state index contributed by atoms with van der Waals surface area (Å²) in [5, 5.41) is 13.6. The van der Waals surface area contributed by atoms with Crippen LogP contribution in [0.2, 0.25) is 0 Å². The number of nitrogens with one attached hydrogen (secondary N) is 1. The van der Waals surface area contributed by atoms with Gasteiger partial charge in [0.1, 0.15) is 5.75 Å². The number of ether oxygens (including phenoxy) is 1. The van der Waals surface area contributed by atoms with E-state index in [9.17, 15) is 5.11 Å². The second-order valence-corrected chi connectivity index (χ2v) is 5.55. The monoisotopic (exact) mass is 263 g/mol. The molecule has 0 heterocycles. The molecule has 3 heteroatoms. The summed E-state index contributed by atoms with van der Waals surface area (Å²) in [4.78, 5) is 0. The Morgan fingerprint density at radius 2 is 2.21 bits per heavy atom. The largest absolute Gasteiger partial charge is 0.496 e. The first-order valence-corrected chi connectivity index (χ1v) is 7.24. The Labute approximate surface area is 116 Å². The SMILES string of the molecule is COc1ccc(C)cc1C(O)CNCCC1CCC1. The van der Waals surface area contributed by atoms with Crippen LogP contribution in [0.5, 0.6) is 5.75 Å². The number of aliphatic hydroxyl groups excluding tert-OH is 1. The Bertz CT molecular complexity index is 402. The first-order valence-electron chi connectivity index (χ1n) is 7.24. The summed E-state index contributed by atoms with van der Waals surface area (Å²) >= 11 is 0. The van der Waals surface area contributed by atoms with Crippen molar-refractivity contribution in [3.63, 3.8) is 0 Å². The highest BCUT2D eigenvalue weighted by atomic mass is 16.5. The van der Waals surface area contributed by atoms with Crippen LogP contribution in [-0.4, -0.2) is 25.3 Å². The maximum absolute atomic E-state index is 10.3. The van der Waals surface area contributed by atoms with Gasteiger partial charge in [0.15, 0.2) is 0 Å². The van der Waals surface area contributed by atoms with Gasteiger partial charge in [0.05, 0.1) is 13.2 Å². The Kier molecular flexibility index (Phi) is 5.23. The maximum atomic E-state index is 10.3. The summed E-state index contributed by atoms with van der Waals surface area (Å²) in [7, 11) is 1.64. The summed E-state index contributed by atoms with van der Waals surface area (Å²) in [6.07, 6.45) is 4.90. The fourth-order valence-electron chi connectivity index (χ4n) is 2.55. The van der Waals surface area contributed by atoms with Crippen LogP contribution >= 0.6 is 0 Å². The summed E-state index contributed by atoms with van der Waals surface area (Å²) in [5.74, 6) is 1.68. The first-order chi connectivity index (χ1) is 9.20. The van der Waals surface area contributed by atoms with Crippen molar-refractivity contribution in [2.24, 2.45) is 5.92 Å². The third kappa shape index (κ3) is 3.95. The lowest BCUT2D eigenvalue weighted by Gasteiger charge is -2.25. The van der Waals surface area contributed by atoms with Crippen LogP contribution in [0, 0.1) is 12.8 Å². The predicted molar refractivity (Wildman–Crippen MR) is 77.5 cm³/mol. The summed E-state index contributed by atoms with van der Waals surface area (Å²) in [5.41, 5.74) is 2.02. The standard InChI is InChI=1S/C16H25NO2/c1-12-6-7-16(19-2)14(10-12)15(18)11-17-9-8-13-4-3-5-13/h6-7,10,13,15,17-18H,3-5,8-9,11H2,1-2H3. The summed E-state index contributed by atoms with van der Waals surface area (Å²) in [6.45, 7) is 3.61. The Hall–Kier alpha value is -1.06. The van der Waals surface area contributed by atoms with E-state index in [-0.39, 0.29) is 0 Å². The van der Waals surface area contributed by atoms with Crippen LogP contribution in [-0.2, 0) is 0 Å². The van der Waals surface area contributed by atoms with Crippen molar-refractivity contribution < 1.29 is 9.84 Å². The highest BCUT2D eigenvalue weighted by Gasteiger charge is 2.17. The molecule has 0 saturated heterocycles. The fourth-order valence-corrected chi connectivity index (χ4v) is 2.55. The molecule has 2 rings (SSSR count). The normalized spacial score (nSPS) is 17.0. The minimum atomic E-state index is -0.503. The molecule has 19 heavy (non-hydrogen) atoms. The lowest BCUT2D eigenvalue weighted by atomic mass is 9.83. The molecule has 0 aliphatic heterocycles. The van der Waals surface area contributed by atoms with Crippen molar-refractivity contribution in [3.05, 3.63) is 29.3 Å². The number of hydrogen-bond donors (Lipinski definition) is 2. The van der Waals surface area contributed by atoms with E-state index < -0.39 is 6.10 Å². The van der Waals surface area contributed by atoms with Crippen LogP contribution in [0.15, 0.2) is 18.2 Å². The van der Waals surface area contributed by atoms with E-state index in [4.69, 9.17) is 4.74 Å². The minimum absolute atomic E-state index is 0.503. The predicted octanol–water partition coefficient (Wildman–Crippen LogP) is 2.82. The third-order valence-corrected chi connectivity index (χ3v) is 4.04. The average molecular weight is 263 g/mol. The van der Waals surface area contributed by atoms with Gasteiger partial charge in [-0.1, -0.05) is 30.9 Å². The van der Waals surface area contributed by atoms with Crippen molar-refractivity contribution >= 4 is 0 Å². The van der Waals surface area contributed by atoms with Gasteiger partial charge in [-0.3, -0.25) is 0 Å². The lowest BCUT2D eigenvalue weighted by molar-refractivity contribution is 0.168. The molecular weight excluding hydrogens is 238 g/mol. The van der Waals surface area contributed by atoms with Crippen LogP contribution in [0.4, 0.5) is 0 Å². The van der Waals surface area contributed by atoms with Gasteiger partial charge in [0.2, 0.25) is 0 Å². The van der Waals surface area contributed by atoms with Crippen molar-refractivity contribution in [3.8, 4) is 5.75 Å². The van der Waals surface area contributed by atoms with Crippen LogP contribution in [0.3, 0.4) is 0 Å². The Balaban J connectivity index is 1.80. The molecule has 0 spiro atoms. The molecule has 0 bridgehead atoms. The minimum Gasteiger partial charge on any atom is -0.496 e.